The van der Waals surface area contributed by atoms with Crippen molar-refractivity contribution in [3.63, 3.8) is 0 Å². The number of nitrogens with zero attached hydrogens (tertiary/aromatic N) is 2. The van der Waals surface area contributed by atoms with Crippen molar-refractivity contribution >= 4 is 11.7 Å². The lowest BCUT2D eigenvalue weighted by atomic mass is 10.1. The van der Waals surface area contributed by atoms with Gasteiger partial charge in [-0.3, -0.25) is 14.6 Å². The quantitative estimate of drug-likeness (QED) is 0.666. The van der Waals surface area contributed by atoms with Gasteiger partial charge in [-0.15, -0.1) is 0 Å². The van der Waals surface area contributed by atoms with E-state index in [-0.39, 0.29) is 11.7 Å². The molecule has 0 N–H and O–H groups in total. The number of carbonyl (C=O) groups excluding carboxylic acids is 2. The van der Waals surface area contributed by atoms with E-state index in [0.717, 1.165) is 11.1 Å². The van der Waals surface area contributed by atoms with Crippen molar-refractivity contribution in [1.29, 1.82) is 0 Å². The molecule has 0 radical (unpaired) electrons. The molecule has 2 heterocycles. The summed E-state index contributed by atoms with van der Waals surface area (Å²) in [5.41, 5.74) is 2.10. The molecule has 0 spiro atoms. The Morgan fingerprint density at radius 1 is 1.47 bits per heavy atom. The van der Waals surface area contributed by atoms with E-state index >= 15 is 0 Å². The zero-order valence-corrected chi connectivity index (χ0v) is 8.56. The molecule has 4 nitrogen and oxygen atoms in total. The molecule has 0 aliphatic carbocycles. The van der Waals surface area contributed by atoms with Gasteiger partial charge in [0.25, 0.3) is 5.91 Å². The van der Waals surface area contributed by atoms with Crippen LogP contribution in [0.5, 0.6) is 0 Å². The molecule has 0 atom stereocenters. The molecule has 4 heteroatoms. The number of hydrogen-bond donors (Lipinski definition) is 0. The zero-order chi connectivity index (χ0) is 10.8. The van der Waals surface area contributed by atoms with Crippen molar-refractivity contribution in [3.8, 4) is 0 Å². The molecule has 1 aromatic heterocycles. The Labute approximate surface area is 87.9 Å². The summed E-state index contributed by atoms with van der Waals surface area (Å²) >= 11 is 0. The van der Waals surface area contributed by atoms with Crippen LogP contribution in [0, 0.1) is 6.92 Å². The van der Waals surface area contributed by atoms with Crippen LogP contribution in [0.15, 0.2) is 18.5 Å². The number of amides is 1. The minimum atomic E-state index is -0.355. The number of rotatable bonds is 2. The summed E-state index contributed by atoms with van der Waals surface area (Å²) < 4.78 is 0. The molecular formula is C11H12N2O2. The Balaban J connectivity index is 2.13. The number of ketones is 1. The predicted octanol–water partition coefficient (Wildman–Crippen LogP) is 0.691. The van der Waals surface area contributed by atoms with Gasteiger partial charge < -0.3 is 4.90 Å². The van der Waals surface area contributed by atoms with Gasteiger partial charge in [-0.2, -0.15) is 0 Å². The normalized spacial score (nSPS) is 16.2. The summed E-state index contributed by atoms with van der Waals surface area (Å²) in [6.45, 7) is 3.00. The third-order valence-electron chi connectivity index (χ3n) is 2.63. The third-order valence-corrected chi connectivity index (χ3v) is 2.63. The number of likely N-dealkylation sites (tertiary alicyclic amines) is 1. The maximum atomic E-state index is 11.4. The number of carbonyl (C=O) groups is 2. The fourth-order valence-electron chi connectivity index (χ4n) is 1.66. The highest BCUT2D eigenvalue weighted by molar-refractivity contribution is 6.37. The first-order chi connectivity index (χ1) is 7.18. The molecule has 0 aromatic carbocycles. The standard InChI is InChI=1S/C11H12N2O2/c1-8-6-12-4-2-9(8)7-13-5-3-10(14)11(13)15/h2,4,6H,3,5,7H2,1H3. The summed E-state index contributed by atoms with van der Waals surface area (Å²) in [6.07, 6.45) is 3.81. The molecule has 1 aromatic rings. The van der Waals surface area contributed by atoms with Crippen molar-refractivity contribution < 1.29 is 9.59 Å². The lowest BCUT2D eigenvalue weighted by Crippen LogP contribution is -2.27. The first-order valence-corrected chi connectivity index (χ1v) is 4.90. The van der Waals surface area contributed by atoms with Gasteiger partial charge in [-0.05, 0) is 24.1 Å². The topological polar surface area (TPSA) is 50.3 Å². The molecule has 1 amide bonds. The average Bonchev–Trinajstić information content (AvgIpc) is 2.53. The first kappa shape index (κ1) is 9.83. The molecule has 1 aliphatic rings. The number of Topliss-reactive ketones (excluding diaryl/α,β-unsaturated/α-hetero) is 1. The van der Waals surface area contributed by atoms with Gasteiger partial charge in [0.15, 0.2) is 0 Å². The van der Waals surface area contributed by atoms with E-state index < -0.39 is 0 Å². The van der Waals surface area contributed by atoms with E-state index in [1.54, 1.807) is 17.3 Å². The molecule has 1 saturated heterocycles. The maximum Gasteiger partial charge on any atom is 0.290 e. The molecule has 78 valence electrons. The highest BCUT2D eigenvalue weighted by atomic mass is 16.2. The number of pyridine rings is 1. The Hall–Kier alpha value is -1.71. The molecule has 0 saturated carbocycles. The van der Waals surface area contributed by atoms with E-state index in [1.807, 2.05) is 13.0 Å². The van der Waals surface area contributed by atoms with Crippen LogP contribution in [0.1, 0.15) is 17.5 Å². The van der Waals surface area contributed by atoms with Crippen molar-refractivity contribution in [1.82, 2.24) is 9.88 Å². The lowest BCUT2D eigenvalue weighted by Gasteiger charge is -2.15. The lowest BCUT2D eigenvalue weighted by molar-refractivity contribution is -0.140. The Morgan fingerprint density at radius 2 is 2.27 bits per heavy atom. The van der Waals surface area contributed by atoms with Crippen LogP contribution in [0.25, 0.3) is 0 Å². The Kier molecular flexibility index (Phi) is 2.49. The highest BCUT2D eigenvalue weighted by Crippen LogP contribution is 2.13. The van der Waals surface area contributed by atoms with E-state index in [0.29, 0.717) is 19.5 Å². The smallest absolute Gasteiger partial charge is 0.290 e. The van der Waals surface area contributed by atoms with Crippen LogP contribution in [0.3, 0.4) is 0 Å². The van der Waals surface area contributed by atoms with Gasteiger partial charge in [-0.1, -0.05) is 0 Å². The first-order valence-electron chi connectivity index (χ1n) is 4.90. The van der Waals surface area contributed by atoms with Crippen LogP contribution in [-0.2, 0) is 16.1 Å². The third kappa shape index (κ3) is 1.88. The maximum absolute atomic E-state index is 11.4. The fraction of sp³-hybridized carbons (Fsp3) is 0.364. The Morgan fingerprint density at radius 3 is 2.87 bits per heavy atom. The SMILES string of the molecule is Cc1cnccc1CN1CCC(=O)C1=O. The molecule has 1 fully saturated rings. The minimum Gasteiger partial charge on any atom is -0.331 e. The van der Waals surface area contributed by atoms with Gasteiger partial charge in [-0.25, -0.2) is 0 Å². The van der Waals surface area contributed by atoms with Crippen molar-refractivity contribution in [2.75, 3.05) is 6.54 Å². The van der Waals surface area contributed by atoms with E-state index in [4.69, 9.17) is 0 Å². The molecule has 2 rings (SSSR count). The molecule has 0 unspecified atom stereocenters. The van der Waals surface area contributed by atoms with Gasteiger partial charge >= 0.3 is 0 Å². The second-order valence-electron chi connectivity index (χ2n) is 3.70. The zero-order valence-electron chi connectivity index (χ0n) is 8.56. The van der Waals surface area contributed by atoms with Crippen LogP contribution >= 0.6 is 0 Å². The number of aromatic nitrogens is 1. The second-order valence-corrected chi connectivity index (χ2v) is 3.70. The molecule has 0 bridgehead atoms. The summed E-state index contributed by atoms with van der Waals surface area (Å²) in [5, 5.41) is 0. The largest absolute Gasteiger partial charge is 0.331 e. The van der Waals surface area contributed by atoms with E-state index in [9.17, 15) is 9.59 Å². The van der Waals surface area contributed by atoms with Crippen molar-refractivity contribution in [2.45, 2.75) is 19.9 Å². The predicted molar refractivity (Wildman–Crippen MR) is 54.0 cm³/mol. The summed E-state index contributed by atoms with van der Waals surface area (Å²) in [7, 11) is 0. The summed E-state index contributed by atoms with van der Waals surface area (Å²) in [6, 6.07) is 1.88. The molecular weight excluding hydrogens is 192 g/mol. The van der Waals surface area contributed by atoms with Gasteiger partial charge in [0.05, 0.1) is 0 Å². The van der Waals surface area contributed by atoms with Crippen LogP contribution in [0.2, 0.25) is 0 Å². The summed E-state index contributed by atoms with van der Waals surface area (Å²) in [4.78, 5) is 28.0. The molecule has 1 aliphatic heterocycles. The number of aryl methyl sites for hydroxylation is 1. The van der Waals surface area contributed by atoms with Gasteiger partial charge in [0.1, 0.15) is 0 Å². The second kappa shape index (κ2) is 3.81. The molecule has 15 heavy (non-hydrogen) atoms. The summed E-state index contributed by atoms with van der Waals surface area (Å²) in [5.74, 6) is -0.632. The van der Waals surface area contributed by atoms with Gasteiger partial charge in [0.2, 0.25) is 5.78 Å². The average molecular weight is 204 g/mol. The minimum absolute atomic E-state index is 0.276. The van der Waals surface area contributed by atoms with Crippen LogP contribution in [-0.4, -0.2) is 28.1 Å². The van der Waals surface area contributed by atoms with Crippen LogP contribution in [0.4, 0.5) is 0 Å². The van der Waals surface area contributed by atoms with Gasteiger partial charge in [0, 0.05) is 31.9 Å². The van der Waals surface area contributed by atoms with E-state index in [1.165, 1.54) is 0 Å². The van der Waals surface area contributed by atoms with Crippen molar-refractivity contribution in [2.24, 2.45) is 0 Å². The monoisotopic (exact) mass is 204 g/mol. The Bertz CT molecular complexity index is 415. The van der Waals surface area contributed by atoms with Crippen molar-refractivity contribution in [3.05, 3.63) is 29.6 Å². The fourth-order valence-corrected chi connectivity index (χ4v) is 1.66. The number of hydrogen-bond acceptors (Lipinski definition) is 3. The highest BCUT2D eigenvalue weighted by Gasteiger charge is 2.29. The van der Waals surface area contributed by atoms with Crippen LogP contribution < -0.4 is 0 Å². The van der Waals surface area contributed by atoms with E-state index in [2.05, 4.69) is 4.98 Å².